The van der Waals surface area contributed by atoms with Crippen molar-refractivity contribution >= 4 is 17.7 Å². The Morgan fingerprint density at radius 2 is 1.71 bits per heavy atom. The van der Waals surface area contributed by atoms with Gasteiger partial charge >= 0.3 is 5.97 Å². The molecule has 0 spiro atoms. The van der Waals surface area contributed by atoms with Gasteiger partial charge in [-0.1, -0.05) is 6.92 Å². The number of rotatable bonds is 4. The maximum absolute atomic E-state index is 11.2. The molecule has 0 saturated heterocycles. The Balaban J connectivity index is 4.62. The molecule has 80 valence electrons. The molecule has 0 saturated carbocycles. The average molecular weight is 201 g/mol. The molecule has 2 unspecified atom stereocenters. The summed E-state index contributed by atoms with van der Waals surface area (Å²) < 4.78 is 4.48. The number of amides is 1. The van der Waals surface area contributed by atoms with E-state index in [1.54, 1.807) is 6.92 Å². The number of esters is 1. The fourth-order valence-electron chi connectivity index (χ4n) is 0.969. The molecule has 0 bridgehead atoms. The molecule has 0 aliphatic rings. The van der Waals surface area contributed by atoms with Gasteiger partial charge in [-0.15, -0.1) is 0 Å². The molecule has 5 nitrogen and oxygen atoms in total. The van der Waals surface area contributed by atoms with Crippen LogP contribution in [0.5, 0.6) is 0 Å². The van der Waals surface area contributed by atoms with Crippen LogP contribution in [0.4, 0.5) is 0 Å². The van der Waals surface area contributed by atoms with Gasteiger partial charge in [0, 0.05) is 12.8 Å². The number of hydrogen-bond donors (Lipinski definition) is 1. The molecular formula is C9H15NO4. The fourth-order valence-corrected chi connectivity index (χ4v) is 0.969. The Kier molecular flexibility index (Phi) is 4.83. The number of carbonyl (C=O) groups excluding carboxylic acids is 3. The van der Waals surface area contributed by atoms with E-state index in [4.69, 9.17) is 0 Å². The van der Waals surface area contributed by atoms with Gasteiger partial charge < -0.3 is 10.1 Å². The number of nitrogens with one attached hydrogen (secondary N) is 1. The molecule has 5 heteroatoms. The number of ketones is 1. The van der Waals surface area contributed by atoms with Gasteiger partial charge in [0.1, 0.15) is 11.8 Å². The van der Waals surface area contributed by atoms with E-state index in [1.165, 1.54) is 21.0 Å². The van der Waals surface area contributed by atoms with Gasteiger partial charge in [-0.25, -0.2) is 4.79 Å². The summed E-state index contributed by atoms with van der Waals surface area (Å²) in [6, 6.07) is -0.894. The summed E-state index contributed by atoms with van der Waals surface area (Å²) in [5, 5.41) is 2.38. The lowest BCUT2D eigenvalue weighted by molar-refractivity contribution is -0.148. The van der Waals surface area contributed by atoms with Crippen LogP contribution in [0.2, 0.25) is 0 Å². The van der Waals surface area contributed by atoms with E-state index in [0.29, 0.717) is 0 Å². The maximum Gasteiger partial charge on any atom is 0.329 e. The van der Waals surface area contributed by atoms with Gasteiger partial charge in [-0.3, -0.25) is 9.59 Å². The van der Waals surface area contributed by atoms with E-state index in [0.717, 1.165) is 0 Å². The van der Waals surface area contributed by atoms with Crippen molar-refractivity contribution in [3.05, 3.63) is 0 Å². The molecule has 0 aliphatic heterocycles. The molecule has 0 aromatic carbocycles. The van der Waals surface area contributed by atoms with Crippen LogP contribution in [0, 0.1) is 5.92 Å². The van der Waals surface area contributed by atoms with Crippen LogP contribution >= 0.6 is 0 Å². The molecule has 0 radical (unpaired) electrons. The third kappa shape index (κ3) is 3.55. The van der Waals surface area contributed by atoms with Crippen LogP contribution in [0.25, 0.3) is 0 Å². The number of Topliss-reactive ketones (excluding diaryl/α,β-unsaturated/α-hetero) is 1. The molecule has 1 N–H and O–H groups in total. The average Bonchev–Trinajstić information content (AvgIpc) is 2.11. The quantitative estimate of drug-likeness (QED) is 0.644. The van der Waals surface area contributed by atoms with E-state index in [1.807, 2.05) is 0 Å². The van der Waals surface area contributed by atoms with E-state index in [2.05, 4.69) is 10.1 Å². The highest BCUT2D eigenvalue weighted by atomic mass is 16.5. The minimum atomic E-state index is -0.894. The highest BCUT2D eigenvalue weighted by Gasteiger charge is 2.29. The first-order valence-corrected chi connectivity index (χ1v) is 4.25. The van der Waals surface area contributed by atoms with Gasteiger partial charge in [-0.05, 0) is 6.92 Å². The van der Waals surface area contributed by atoms with Gasteiger partial charge in [0.15, 0.2) is 0 Å². The van der Waals surface area contributed by atoms with Crippen molar-refractivity contribution in [2.75, 3.05) is 7.11 Å². The highest BCUT2D eigenvalue weighted by molar-refractivity contribution is 5.90. The van der Waals surface area contributed by atoms with Crippen molar-refractivity contribution in [2.45, 2.75) is 26.8 Å². The molecule has 0 heterocycles. The van der Waals surface area contributed by atoms with Crippen LogP contribution in [-0.2, 0) is 19.1 Å². The number of methoxy groups -OCH3 is 1. The van der Waals surface area contributed by atoms with Gasteiger partial charge in [0.2, 0.25) is 5.91 Å². The smallest absolute Gasteiger partial charge is 0.329 e. The first kappa shape index (κ1) is 12.6. The first-order chi connectivity index (χ1) is 6.40. The lowest BCUT2D eigenvalue weighted by atomic mass is 9.98. The largest absolute Gasteiger partial charge is 0.467 e. The second-order valence-electron chi connectivity index (χ2n) is 3.10. The topological polar surface area (TPSA) is 72.5 Å². The van der Waals surface area contributed by atoms with Crippen molar-refractivity contribution in [1.29, 1.82) is 0 Å². The minimum absolute atomic E-state index is 0.172. The molecule has 14 heavy (non-hydrogen) atoms. The highest BCUT2D eigenvalue weighted by Crippen LogP contribution is 2.06. The molecule has 0 rings (SSSR count). The van der Waals surface area contributed by atoms with Crippen molar-refractivity contribution in [3.8, 4) is 0 Å². The van der Waals surface area contributed by atoms with Crippen LogP contribution < -0.4 is 5.32 Å². The maximum atomic E-state index is 11.2. The Bertz CT molecular complexity index is 249. The number of hydrogen-bond acceptors (Lipinski definition) is 4. The Morgan fingerprint density at radius 3 is 2.00 bits per heavy atom. The molecule has 1 amide bonds. The summed E-state index contributed by atoms with van der Waals surface area (Å²) >= 11 is 0. The molecule has 2 atom stereocenters. The zero-order valence-electron chi connectivity index (χ0n) is 8.79. The number of ether oxygens (including phenoxy) is 1. The van der Waals surface area contributed by atoms with Crippen LogP contribution in [-0.4, -0.2) is 30.8 Å². The third-order valence-corrected chi connectivity index (χ3v) is 1.96. The second-order valence-corrected chi connectivity index (χ2v) is 3.10. The summed E-state index contributed by atoms with van der Waals surface area (Å²) in [4.78, 5) is 33.0. The van der Waals surface area contributed by atoms with Crippen LogP contribution in [0.1, 0.15) is 20.8 Å². The lowest BCUT2D eigenvalue weighted by Gasteiger charge is -2.19. The summed E-state index contributed by atoms with van der Waals surface area (Å²) in [7, 11) is 1.21. The minimum Gasteiger partial charge on any atom is -0.467 e. The van der Waals surface area contributed by atoms with E-state index < -0.39 is 17.9 Å². The Labute approximate surface area is 82.8 Å². The fraction of sp³-hybridized carbons (Fsp3) is 0.667. The predicted molar refractivity (Wildman–Crippen MR) is 49.5 cm³/mol. The Morgan fingerprint density at radius 1 is 1.21 bits per heavy atom. The summed E-state index contributed by atoms with van der Waals surface area (Å²) in [6.07, 6.45) is 0. The summed E-state index contributed by atoms with van der Waals surface area (Å²) in [5.74, 6) is -1.73. The van der Waals surface area contributed by atoms with Crippen molar-refractivity contribution in [3.63, 3.8) is 0 Å². The van der Waals surface area contributed by atoms with E-state index in [9.17, 15) is 14.4 Å². The van der Waals surface area contributed by atoms with E-state index in [-0.39, 0.29) is 11.7 Å². The summed E-state index contributed by atoms with van der Waals surface area (Å²) in [6.45, 7) is 4.21. The summed E-state index contributed by atoms with van der Waals surface area (Å²) in [5.41, 5.74) is 0. The lowest BCUT2D eigenvalue weighted by Crippen LogP contribution is -2.46. The van der Waals surface area contributed by atoms with Crippen molar-refractivity contribution < 1.29 is 19.1 Å². The van der Waals surface area contributed by atoms with E-state index >= 15 is 0 Å². The first-order valence-electron chi connectivity index (χ1n) is 4.25. The molecule has 0 aromatic heterocycles. The van der Waals surface area contributed by atoms with Gasteiger partial charge in [0.05, 0.1) is 7.11 Å². The predicted octanol–water partition coefficient (Wildman–Crippen LogP) is -0.111. The normalized spacial score (nSPS) is 14.0. The zero-order chi connectivity index (χ0) is 11.3. The SMILES string of the molecule is COC(=O)C(NC(C)=O)C(C)C(C)=O. The molecule has 0 aromatic rings. The zero-order valence-corrected chi connectivity index (χ0v) is 8.79. The monoisotopic (exact) mass is 201 g/mol. The second kappa shape index (κ2) is 5.36. The van der Waals surface area contributed by atoms with Crippen molar-refractivity contribution in [2.24, 2.45) is 5.92 Å². The Hall–Kier alpha value is -1.39. The number of carbonyl (C=O) groups is 3. The molecule has 0 aliphatic carbocycles. The standard InChI is InChI=1S/C9H15NO4/c1-5(6(2)11)8(9(13)14-4)10-7(3)12/h5,8H,1-4H3,(H,10,12). The molecular weight excluding hydrogens is 186 g/mol. The molecule has 0 fully saturated rings. The van der Waals surface area contributed by atoms with Crippen molar-refractivity contribution in [1.82, 2.24) is 5.32 Å². The van der Waals surface area contributed by atoms with Crippen LogP contribution in [0.15, 0.2) is 0 Å². The van der Waals surface area contributed by atoms with Gasteiger partial charge in [0.25, 0.3) is 0 Å². The third-order valence-electron chi connectivity index (χ3n) is 1.96. The van der Waals surface area contributed by atoms with Crippen LogP contribution in [0.3, 0.4) is 0 Å². The van der Waals surface area contributed by atoms with Gasteiger partial charge in [-0.2, -0.15) is 0 Å².